The van der Waals surface area contributed by atoms with Crippen molar-refractivity contribution >= 4 is 23.4 Å². The summed E-state index contributed by atoms with van der Waals surface area (Å²) in [6, 6.07) is 0. The minimum atomic E-state index is -0.695. The summed E-state index contributed by atoms with van der Waals surface area (Å²) in [5.41, 5.74) is 4.83. The molecule has 0 saturated heterocycles. The van der Waals surface area contributed by atoms with E-state index in [0.717, 1.165) is 158 Å². The van der Waals surface area contributed by atoms with Crippen molar-refractivity contribution < 1.29 is 29.5 Å². The SMILES string of the molecule is CCCCn1cc([C@]2(OC(C)=O)CCC3C4CCC5=C/C(=N\O)CC[C@@H]5C4CC[C@@]32C)nn1.CCCCn1cc([C@]2(OC(C)=O)CCC3C4CCC5=C/C(=N\O)CC[C@]5(C)C4CC[C@@]32C)nn1. The lowest BCUT2D eigenvalue weighted by molar-refractivity contribution is -0.186. The van der Waals surface area contributed by atoms with Gasteiger partial charge in [-0.25, -0.2) is 0 Å². The van der Waals surface area contributed by atoms with Crippen molar-refractivity contribution in [2.75, 3.05) is 0 Å². The number of carbonyl (C=O) groups is 2. The summed E-state index contributed by atoms with van der Waals surface area (Å²) in [5.74, 6) is 3.74. The molecule has 14 nitrogen and oxygen atoms in total. The lowest BCUT2D eigenvalue weighted by Crippen LogP contribution is -2.55. The maximum absolute atomic E-state index is 12.4. The van der Waals surface area contributed by atoms with Crippen LogP contribution in [0.5, 0.6) is 0 Å². The number of unbranched alkanes of at least 4 members (excludes halogenated alkanes) is 2. The molecular weight excluding hydrogens is 845 g/mol. The van der Waals surface area contributed by atoms with E-state index in [4.69, 9.17) is 9.47 Å². The molecule has 0 aliphatic heterocycles. The summed E-state index contributed by atoms with van der Waals surface area (Å²) in [5, 5.41) is 43.6. The molecule has 8 aliphatic rings. The molecule has 67 heavy (non-hydrogen) atoms. The summed E-state index contributed by atoms with van der Waals surface area (Å²) >= 11 is 0. The predicted octanol–water partition coefficient (Wildman–Crippen LogP) is 10.9. The number of fused-ring (bicyclic) bond motifs is 10. The minimum absolute atomic E-state index is 0.126. The Balaban J connectivity index is 0.000000168. The number of hydrogen-bond donors (Lipinski definition) is 2. The highest BCUT2D eigenvalue weighted by Crippen LogP contribution is 2.71. The fourth-order valence-electron chi connectivity index (χ4n) is 16.5. The molecule has 0 amide bonds. The second-order valence-electron chi connectivity index (χ2n) is 22.8. The lowest BCUT2D eigenvalue weighted by Gasteiger charge is -2.59. The van der Waals surface area contributed by atoms with Crippen molar-refractivity contribution in [1.82, 2.24) is 30.0 Å². The average molecular weight is 923 g/mol. The molecule has 6 fully saturated rings. The van der Waals surface area contributed by atoms with Crippen molar-refractivity contribution in [1.29, 1.82) is 0 Å². The summed E-state index contributed by atoms with van der Waals surface area (Å²) in [6.45, 7) is 16.3. The molecule has 2 N–H and O–H groups in total. The van der Waals surface area contributed by atoms with Gasteiger partial charge in [-0.3, -0.25) is 19.0 Å². The molecule has 8 aliphatic carbocycles. The van der Waals surface area contributed by atoms with Gasteiger partial charge in [-0.15, -0.1) is 10.2 Å². The van der Waals surface area contributed by atoms with Gasteiger partial charge in [-0.2, -0.15) is 0 Å². The van der Waals surface area contributed by atoms with E-state index in [1.165, 1.54) is 31.4 Å². The molecule has 14 heteroatoms. The number of hydrogen-bond acceptors (Lipinski definition) is 12. The molecule has 0 spiro atoms. The van der Waals surface area contributed by atoms with Gasteiger partial charge in [0.2, 0.25) is 0 Å². The van der Waals surface area contributed by atoms with Crippen LogP contribution < -0.4 is 0 Å². The van der Waals surface area contributed by atoms with E-state index in [1.54, 1.807) is 0 Å². The topological polar surface area (TPSA) is 179 Å². The van der Waals surface area contributed by atoms with Crippen molar-refractivity contribution in [2.24, 2.45) is 68.0 Å². The van der Waals surface area contributed by atoms with Crippen LogP contribution in [0.3, 0.4) is 0 Å². The van der Waals surface area contributed by atoms with Crippen molar-refractivity contribution in [3.8, 4) is 0 Å². The Morgan fingerprint density at radius 3 is 1.75 bits per heavy atom. The van der Waals surface area contributed by atoms with E-state index in [1.807, 2.05) is 21.8 Å². The highest BCUT2D eigenvalue weighted by atomic mass is 16.6. The molecule has 6 unspecified atom stereocenters. The van der Waals surface area contributed by atoms with Crippen LogP contribution in [0, 0.1) is 57.7 Å². The fraction of sp³-hybridized carbons (Fsp3) is 0.774. The Kier molecular flexibility index (Phi) is 13.2. The van der Waals surface area contributed by atoms with Crippen LogP contribution >= 0.6 is 0 Å². The van der Waals surface area contributed by atoms with E-state index in [2.05, 4.69) is 77.7 Å². The lowest BCUT2D eigenvalue weighted by atomic mass is 9.46. The molecule has 2 aromatic rings. The zero-order valence-electron chi connectivity index (χ0n) is 41.5. The molecule has 2 heterocycles. The monoisotopic (exact) mass is 923 g/mol. The third-order valence-corrected chi connectivity index (χ3v) is 19.8. The normalized spacial score (nSPS) is 39.6. The maximum atomic E-state index is 12.4. The summed E-state index contributed by atoms with van der Waals surface area (Å²) < 4.78 is 16.4. The minimum Gasteiger partial charge on any atom is -0.452 e. The van der Waals surface area contributed by atoms with Crippen LogP contribution in [0.1, 0.15) is 188 Å². The van der Waals surface area contributed by atoms with Gasteiger partial charge >= 0.3 is 11.9 Å². The average Bonchev–Trinajstić information content (AvgIpc) is 4.12. The second-order valence-corrected chi connectivity index (χ2v) is 22.8. The molecule has 366 valence electrons. The van der Waals surface area contributed by atoms with Gasteiger partial charge in [0.05, 0.1) is 23.8 Å². The number of aromatic nitrogens is 6. The predicted molar refractivity (Wildman–Crippen MR) is 254 cm³/mol. The zero-order chi connectivity index (χ0) is 47.4. The summed E-state index contributed by atoms with van der Waals surface area (Å²) in [4.78, 5) is 24.8. The van der Waals surface area contributed by atoms with Gasteiger partial charge in [0, 0.05) is 37.8 Å². The first-order chi connectivity index (χ1) is 32.2. The van der Waals surface area contributed by atoms with Gasteiger partial charge in [-0.05, 0) is 175 Å². The third-order valence-electron chi connectivity index (χ3n) is 19.8. The number of esters is 2. The number of allylic oxidation sites excluding steroid dienone is 4. The Bertz CT molecular complexity index is 2300. The molecule has 6 saturated carbocycles. The van der Waals surface area contributed by atoms with Gasteiger partial charge in [0.1, 0.15) is 11.4 Å². The number of carbonyl (C=O) groups excluding carboxylic acids is 2. The van der Waals surface area contributed by atoms with Crippen LogP contribution in [0.2, 0.25) is 0 Å². The summed E-state index contributed by atoms with van der Waals surface area (Å²) in [7, 11) is 0. The van der Waals surface area contributed by atoms with Gasteiger partial charge < -0.3 is 19.9 Å². The first kappa shape index (κ1) is 47.7. The largest absolute Gasteiger partial charge is 0.452 e. The Labute approximate surface area is 397 Å². The van der Waals surface area contributed by atoms with Crippen molar-refractivity contribution in [3.63, 3.8) is 0 Å². The summed E-state index contributed by atoms with van der Waals surface area (Å²) in [6.07, 6.45) is 29.2. The van der Waals surface area contributed by atoms with Crippen LogP contribution in [-0.2, 0) is 43.4 Å². The van der Waals surface area contributed by atoms with Crippen LogP contribution in [0.15, 0.2) is 46.0 Å². The highest BCUT2D eigenvalue weighted by Gasteiger charge is 2.68. The number of ether oxygens (including phenoxy) is 2. The number of rotatable bonds is 10. The Morgan fingerprint density at radius 1 is 0.642 bits per heavy atom. The van der Waals surface area contributed by atoms with Gasteiger partial charge in [0.25, 0.3) is 0 Å². The molecule has 0 radical (unpaired) electrons. The van der Waals surface area contributed by atoms with E-state index < -0.39 is 11.2 Å². The van der Waals surface area contributed by atoms with Crippen LogP contribution in [0.4, 0.5) is 0 Å². The van der Waals surface area contributed by atoms with E-state index in [-0.39, 0.29) is 28.2 Å². The van der Waals surface area contributed by atoms with Crippen LogP contribution in [-0.4, -0.2) is 63.8 Å². The number of oxime groups is 2. The highest BCUT2D eigenvalue weighted by molar-refractivity contribution is 5.96. The molecule has 0 aromatic carbocycles. The van der Waals surface area contributed by atoms with Gasteiger partial charge in [0.15, 0.2) is 11.2 Å². The smallest absolute Gasteiger partial charge is 0.303 e. The number of nitrogens with zero attached hydrogens (tertiary/aromatic N) is 8. The van der Waals surface area contributed by atoms with Crippen molar-refractivity contribution in [2.45, 2.75) is 201 Å². The Morgan fingerprint density at radius 2 is 1.18 bits per heavy atom. The molecule has 0 bridgehead atoms. The quantitative estimate of drug-likeness (QED) is 0.132. The third kappa shape index (κ3) is 7.90. The maximum Gasteiger partial charge on any atom is 0.303 e. The molecule has 10 rings (SSSR count). The fourth-order valence-corrected chi connectivity index (χ4v) is 16.5. The van der Waals surface area contributed by atoms with E-state index >= 15 is 0 Å². The molecular formula is C53H78N8O6. The standard InChI is InChI=1S/C27H40N4O3.C26H38N4O3/c1-5-6-15-31-17-24(28-30-31)27(34-18(2)32)14-11-23-21-8-7-19-16-20(29-33)9-12-25(19,3)22(21)10-13-26(23,27)4;1-4-5-14-30-16-24(27-29-30)26(33-17(2)31)13-11-23-22-8-6-18-15-19(28-32)7-9-20(18)21(22)10-12-25(23,26)3/h16-17,21-23,33H,5-15H2,1-4H3;15-16,20-23,32H,4-14H2,1-3H3/b29-20-;28-19-/t21?,22?,23?,25-,26-,27+;20-,21?,22?,23?,25-,26+/m00/s1. The van der Waals surface area contributed by atoms with E-state index in [0.29, 0.717) is 41.4 Å². The van der Waals surface area contributed by atoms with Gasteiger partial charge in [-0.1, -0.05) is 79.3 Å². The first-order valence-corrected chi connectivity index (χ1v) is 26.2. The van der Waals surface area contributed by atoms with Crippen LogP contribution in [0.25, 0.3) is 0 Å². The van der Waals surface area contributed by atoms with Crippen molar-refractivity contribution in [3.05, 3.63) is 47.1 Å². The Hall–Kier alpha value is -4.36. The second kappa shape index (κ2) is 18.5. The molecule has 12 atom stereocenters. The number of aryl methyl sites for hydroxylation is 2. The first-order valence-electron chi connectivity index (χ1n) is 26.2. The van der Waals surface area contributed by atoms with E-state index in [9.17, 15) is 20.0 Å². The molecule has 2 aromatic heterocycles. The zero-order valence-corrected chi connectivity index (χ0v) is 41.5.